The maximum atomic E-state index is 10.4. The number of aliphatic carboxylic acids is 1. The van der Waals surface area contributed by atoms with Crippen LogP contribution < -0.4 is 4.74 Å². The summed E-state index contributed by atoms with van der Waals surface area (Å²) in [6, 6.07) is 5.30. The topological polar surface area (TPSA) is 46.5 Å². The Labute approximate surface area is 88.7 Å². The van der Waals surface area contributed by atoms with Gasteiger partial charge < -0.3 is 9.84 Å². The Bertz CT molecular complexity index is 402. The van der Waals surface area contributed by atoms with E-state index < -0.39 is 5.97 Å². The van der Waals surface area contributed by atoms with Crippen LogP contribution in [0.2, 0.25) is 0 Å². The van der Waals surface area contributed by atoms with Gasteiger partial charge in [0, 0.05) is 12.0 Å². The third kappa shape index (κ3) is 3.03. The molecular weight excluding hydrogens is 192 g/mol. The molecule has 3 heteroatoms. The quantitative estimate of drug-likeness (QED) is 0.759. The van der Waals surface area contributed by atoms with Crippen molar-refractivity contribution in [2.45, 2.75) is 12.8 Å². The molecule has 0 saturated carbocycles. The van der Waals surface area contributed by atoms with Gasteiger partial charge in [-0.15, -0.1) is 6.42 Å². The summed E-state index contributed by atoms with van der Waals surface area (Å²) in [5.41, 5.74) is 1.55. The third-order valence-corrected chi connectivity index (χ3v) is 2.08. The van der Waals surface area contributed by atoms with Crippen molar-refractivity contribution in [2.24, 2.45) is 0 Å². The van der Waals surface area contributed by atoms with Crippen molar-refractivity contribution in [1.82, 2.24) is 0 Å². The highest BCUT2D eigenvalue weighted by molar-refractivity contribution is 5.67. The maximum absolute atomic E-state index is 10.4. The molecule has 1 aromatic rings. The molecule has 0 saturated heterocycles. The summed E-state index contributed by atoms with van der Waals surface area (Å²) in [7, 11) is 1.56. The van der Waals surface area contributed by atoms with Crippen LogP contribution in [0.4, 0.5) is 0 Å². The second kappa shape index (κ2) is 5.06. The summed E-state index contributed by atoms with van der Waals surface area (Å²) >= 11 is 0. The molecule has 1 N–H and O–H groups in total. The molecule has 3 nitrogen and oxygen atoms in total. The van der Waals surface area contributed by atoms with Gasteiger partial charge in [-0.3, -0.25) is 4.79 Å². The lowest BCUT2D eigenvalue weighted by molar-refractivity contribution is -0.136. The largest absolute Gasteiger partial charge is 0.497 e. The van der Waals surface area contributed by atoms with Gasteiger partial charge in [0.1, 0.15) is 5.75 Å². The summed E-state index contributed by atoms with van der Waals surface area (Å²) in [4.78, 5) is 10.4. The van der Waals surface area contributed by atoms with E-state index >= 15 is 0 Å². The summed E-state index contributed by atoms with van der Waals surface area (Å²) in [5.74, 6) is 2.38. The van der Waals surface area contributed by atoms with E-state index in [-0.39, 0.29) is 6.42 Å². The summed E-state index contributed by atoms with van der Waals surface area (Å²) in [5, 5.41) is 8.58. The zero-order valence-electron chi connectivity index (χ0n) is 8.49. The van der Waals surface area contributed by atoms with Crippen molar-refractivity contribution in [3.8, 4) is 18.1 Å². The lowest BCUT2D eigenvalue weighted by Crippen LogP contribution is -1.99. The molecule has 0 aromatic heterocycles. The fraction of sp³-hybridized carbons (Fsp3) is 0.250. The van der Waals surface area contributed by atoms with Gasteiger partial charge in [0.2, 0.25) is 0 Å². The molecule has 0 aliphatic heterocycles. The monoisotopic (exact) mass is 204 g/mol. The number of benzene rings is 1. The Morgan fingerprint density at radius 3 is 2.87 bits per heavy atom. The van der Waals surface area contributed by atoms with Crippen LogP contribution in [-0.4, -0.2) is 18.2 Å². The minimum absolute atomic E-state index is 0.0713. The van der Waals surface area contributed by atoms with Crippen molar-refractivity contribution < 1.29 is 14.6 Å². The second-order valence-corrected chi connectivity index (χ2v) is 3.06. The Kier molecular flexibility index (Phi) is 3.75. The molecule has 78 valence electrons. The Hall–Kier alpha value is -1.95. The number of aryl methyl sites for hydroxylation is 1. The molecule has 15 heavy (non-hydrogen) atoms. The van der Waals surface area contributed by atoms with Gasteiger partial charge in [0.05, 0.1) is 7.11 Å². The van der Waals surface area contributed by atoms with E-state index in [0.717, 1.165) is 11.1 Å². The minimum Gasteiger partial charge on any atom is -0.497 e. The molecule has 1 rings (SSSR count). The van der Waals surface area contributed by atoms with Crippen LogP contribution in [-0.2, 0) is 11.2 Å². The zero-order valence-corrected chi connectivity index (χ0v) is 8.49. The van der Waals surface area contributed by atoms with E-state index in [1.807, 2.05) is 0 Å². The van der Waals surface area contributed by atoms with Crippen LogP contribution >= 0.6 is 0 Å². The van der Waals surface area contributed by atoms with Gasteiger partial charge in [-0.1, -0.05) is 5.92 Å². The van der Waals surface area contributed by atoms with Crippen molar-refractivity contribution in [1.29, 1.82) is 0 Å². The lowest BCUT2D eigenvalue weighted by atomic mass is 10.0. The molecule has 1 aromatic carbocycles. The molecule has 0 aliphatic rings. The standard InChI is InChI=1S/C12H12O3/c1-3-9-4-6-11(15-2)8-10(9)5-7-12(13)14/h1,4,6,8H,5,7H2,2H3,(H,13,14). The van der Waals surface area contributed by atoms with Crippen molar-refractivity contribution in [3.63, 3.8) is 0 Å². The molecular formula is C12H12O3. The second-order valence-electron chi connectivity index (χ2n) is 3.06. The van der Waals surface area contributed by atoms with Crippen LogP contribution in [0.25, 0.3) is 0 Å². The average molecular weight is 204 g/mol. The number of methoxy groups -OCH3 is 1. The molecule has 0 aliphatic carbocycles. The van der Waals surface area contributed by atoms with E-state index in [4.69, 9.17) is 16.3 Å². The summed E-state index contributed by atoms with van der Waals surface area (Å²) in [6.07, 6.45) is 5.80. The summed E-state index contributed by atoms with van der Waals surface area (Å²) in [6.45, 7) is 0. The van der Waals surface area contributed by atoms with Gasteiger partial charge in [0.25, 0.3) is 0 Å². The van der Waals surface area contributed by atoms with Gasteiger partial charge in [0.15, 0.2) is 0 Å². The number of carbonyl (C=O) groups is 1. The van der Waals surface area contributed by atoms with Gasteiger partial charge in [-0.25, -0.2) is 0 Å². The number of terminal acetylenes is 1. The number of hydrogen-bond acceptors (Lipinski definition) is 2. The molecule has 0 heterocycles. The first-order valence-electron chi connectivity index (χ1n) is 4.52. The predicted octanol–water partition coefficient (Wildman–Crippen LogP) is 1.69. The zero-order chi connectivity index (χ0) is 11.3. The summed E-state index contributed by atoms with van der Waals surface area (Å²) < 4.78 is 5.05. The van der Waals surface area contributed by atoms with Crippen LogP contribution in [0.1, 0.15) is 17.5 Å². The molecule has 0 spiro atoms. The molecule has 0 amide bonds. The Balaban J connectivity index is 2.92. The SMILES string of the molecule is C#Cc1ccc(OC)cc1CCC(=O)O. The van der Waals surface area contributed by atoms with E-state index in [0.29, 0.717) is 12.2 Å². The number of hydrogen-bond donors (Lipinski definition) is 1. The Morgan fingerprint density at radius 2 is 2.33 bits per heavy atom. The highest BCUT2D eigenvalue weighted by Crippen LogP contribution is 2.18. The molecule has 0 bridgehead atoms. The number of rotatable bonds is 4. The normalized spacial score (nSPS) is 9.33. The smallest absolute Gasteiger partial charge is 0.303 e. The molecule has 0 atom stereocenters. The van der Waals surface area contributed by atoms with Gasteiger partial charge in [-0.2, -0.15) is 0 Å². The van der Waals surface area contributed by atoms with Crippen molar-refractivity contribution >= 4 is 5.97 Å². The first kappa shape index (κ1) is 11.1. The van der Waals surface area contributed by atoms with Gasteiger partial charge >= 0.3 is 5.97 Å². The highest BCUT2D eigenvalue weighted by Gasteiger charge is 2.05. The minimum atomic E-state index is -0.833. The lowest BCUT2D eigenvalue weighted by Gasteiger charge is -2.06. The maximum Gasteiger partial charge on any atom is 0.303 e. The van der Waals surface area contributed by atoms with Crippen LogP contribution in [0, 0.1) is 12.3 Å². The predicted molar refractivity (Wildman–Crippen MR) is 56.9 cm³/mol. The van der Waals surface area contributed by atoms with E-state index in [2.05, 4.69) is 5.92 Å². The van der Waals surface area contributed by atoms with E-state index in [1.165, 1.54) is 0 Å². The number of carboxylic acid groups (broad SMARTS) is 1. The average Bonchev–Trinajstić information content (AvgIpc) is 2.25. The first-order valence-corrected chi connectivity index (χ1v) is 4.52. The first-order chi connectivity index (χ1) is 7.17. The highest BCUT2D eigenvalue weighted by atomic mass is 16.5. The fourth-order valence-corrected chi connectivity index (χ4v) is 1.29. The van der Waals surface area contributed by atoms with Crippen molar-refractivity contribution in [2.75, 3.05) is 7.11 Å². The van der Waals surface area contributed by atoms with E-state index in [1.54, 1.807) is 25.3 Å². The number of ether oxygens (including phenoxy) is 1. The van der Waals surface area contributed by atoms with E-state index in [9.17, 15) is 4.79 Å². The molecule has 0 radical (unpaired) electrons. The third-order valence-electron chi connectivity index (χ3n) is 2.08. The molecule has 0 unspecified atom stereocenters. The van der Waals surface area contributed by atoms with Crippen LogP contribution in [0.3, 0.4) is 0 Å². The van der Waals surface area contributed by atoms with Crippen molar-refractivity contribution in [3.05, 3.63) is 29.3 Å². The number of carboxylic acids is 1. The van der Waals surface area contributed by atoms with Gasteiger partial charge in [-0.05, 0) is 30.2 Å². The van der Waals surface area contributed by atoms with Crippen LogP contribution in [0.5, 0.6) is 5.75 Å². The fourth-order valence-electron chi connectivity index (χ4n) is 1.29. The molecule has 0 fully saturated rings. The Morgan fingerprint density at radius 1 is 1.60 bits per heavy atom. The van der Waals surface area contributed by atoms with Crippen LogP contribution in [0.15, 0.2) is 18.2 Å².